The first-order valence-electron chi connectivity index (χ1n) is 11.8. The zero-order valence-electron chi connectivity index (χ0n) is 21.3. The molecule has 0 N–H and O–H groups in total. The van der Waals surface area contributed by atoms with Gasteiger partial charge in [-0.05, 0) is 64.6 Å². The van der Waals surface area contributed by atoms with Crippen LogP contribution in [0.4, 0.5) is 0 Å². The second kappa shape index (κ2) is 8.66. The van der Waals surface area contributed by atoms with Crippen LogP contribution in [0.5, 0.6) is 0 Å². The summed E-state index contributed by atoms with van der Waals surface area (Å²) in [5.41, 5.74) is 11.6. The van der Waals surface area contributed by atoms with E-state index in [4.69, 9.17) is 0 Å². The number of rotatable bonds is 5. The number of hydrogen-bond acceptors (Lipinski definition) is 2. The molecule has 0 spiro atoms. The van der Waals surface area contributed by atoms with Crippen LogP contribution in [0.25, 0.3) is 22.4 Å². The molecule has 0 aliphatic rings. The van der Waals surface area contributed by atoms with Gasteiger partial charge >= 0.3 is 0 Å². The van der Waals surface area contributed by atoms with Crippen LogP contribution in [0.1, 0.15) is 68.4 Å². The van der Waals surface area contributed by atoms with Crippen LogP contribution in [0, 0.1) is 13.8 Å². The lowest BCUT2D eigenvalue weighted by atomic mass is 9.80. The third-order valence-electron chi connectivity index (χ3n) is 6.63. The monoisotopic (exact) mass is 440 g/mol. The average molecular weight is 441 g/mol. The Morgan fingerprint density at radius 3 is 2.36 bits per heavy atom. The summed E-state index contributed by atoms with van der Waals surface area (Å²) in [6, 6.07) is 11.3. The van der Waals surface area contributed by atoms with E-state index in [1.54, 1.807) is 0 Å². The molecule has 4 nitrogen and oxygen atoms in total. The van der Waals surface area contributed by atoms with E-state index in [0.717, 1.165) is 17.8 Å². The summed E-state index contributed by atoms with van der Waals surface area (Å²) in [4.78, 5) is 4.53. The van der Waals surface area contributed by atoms with E-state index in [2.05, 4.69) is 99.6 Å². The smallest absolute Gasteiger partial charge is 0.0954 e. The maximum atomic E-state index is 4.53. The SMILES string of the molecule is Cc1c(-c2cncn2Cc2cc(-c3cnn(C)c3)c(C)c(C(C)(C)C)c2)cccc1C(C)C. The van der Waals surface area contributed by atoms with Crippen molar-refractivity contribution < 1.29 is 0 Å². The molecule has 2 aromatic carbocycles. The minimum atomic E-state index is 0.0526. The third kappa shape index (κ3) is 4.52. The number of aryl methyl sites for hydroxylation is 1. The van der Waals surface area contributed by atoms with Gasteiger partial charge in [-0.15, -0.1) is 0 Å². The Morgan fingerprint density at radius 2 is 1.73 bits per heavy atom. The lowest BCUT2D eigenvalue weighted by Crippen LogP contribution is -2.15. The van der Waals surface area contributed by atoms with Crippen LogP contribution < -0.4 is 0 Å². The first kappa shape index (κ1) is 23.0. The Kier molecular flexibility index (Phi) is 6.04. The molecule has 4 heteroatoms. The first-order valence-corrected chi connectivity index (χ1v) is 11.8. The number of benzene rings is 2. The van der Waals surface area contributed by atoms with Gasteiger partial charge in [0.25, 0.3) is 0 Å². The minimum Gasteiger partial charge on any atom is -0.326 e. The van der Waals surface area contributed by atoms with Gasteiger partial charge in [0.1, 0.15) is 0 Å². The van der Waals surface area contributed by atoms with E-state index in [0.29, 0.717) is 5.92 Å². The highest BCUT2D eigenvalue weighted by Gasteiger charge is 2.21. The second-order valence-corrected chi connectivity index (χ2v) is 10.5. The average Bonchev–Trinajstić information content (AvgIpc) is 3.37. The van der Waals surface area contributed by atoms with Crippen LogP contribution in [0.3, 0.4) is 0 Å². The van der Waals surface area contributed by atoms with Gasteiger partial charge in [0.05, 0.1) is 24.4 Å². The van der Waals surface area contributed by atoms with E-state index in [1.807, 2.05) is 30.5 Å². The Labute approximate surface area is 198 Å². The molecule has 0 amide bonds. The van der Waals surface area contributed by atoms with Crippen LogP contribution in [0.2, 0.25) is 0 Å². The number of nitrogens with zero attached hydrogens (tertiary/aromatic N) is 4. The molecular weight excluding hydrogens is 404 g/mol. The lowest BCUT2D eigenvalue weighted by molar-refractivity contribution is 0.585. The Hall–Kier alpha value is -3.14. The van der Waals surface area contributed by atoms with Gasteiger partial charge in [-0.25, -0.2) is 4.98 Å². The molecule has 0 bridgehead atoms. The minimum absolute atomic E-state index is 0.0526. The van der Waals surface area contributed by atoms with Crippen molar-refractivity contribution >= 4 is 0 Å². The highest BCUT2D eigenvalue weighted by atomic mass is 15.2. The molecule has 0 radical (unpaired) electrons. The van der Waals surface area contributed by atoms with Crippen molar-refractivity contribution in [3.63, 3.8) is 0 Å². The Bertz CT molecular complexity index is 1280. The van der Waals surface area contributed by atoms with E-state index < -0.39 is 0 Å². The van der Waals surface area contributed by atoms with Crippen molar-refractivity contribution in [1.29, 1.82) is 0 Å². The molecule has 172 valence electrons. The van der Waals surface area contributed by atoms with Gasteiger partial charge in [0.15, 0.2) is 0 Å². The summed E-state index contributed by atoms with van der Waals surface area (Å²) >= 11 is 0. The number of imidazole rings is 1. The van der Waals surface area contributed by atoms with Crippen molar-refractivity contribution in [1.82, 2.24) is 19.3 Å². The zero-order chi connectivity index (χ0) is 23.9. The predicted molar refractivity (Wildman–Crippen MR) is 138 cm³/mol. The highest BCUT2D eigenvalue weighted by Crippen LogP contribution is 2.35. The maximum absolute atomic E-state index is 4.53. The van der Waals surface area contributed by atoms with E-state index in [1.165, 1.54) is 38.9 Å². The molecule has 0 saturated heterocycles. The molecule has 0 aliphatic carbocycles. The standard InChI is InChI=1S/C29H36N4/c1-19(2)24-10-9-11-25(20(24)3)28-15-30-18-33(28)16-22-12-26(23-14-31-32(8)17-23)21(4)27(13-22)29(5,6)7/h9-15,17-19H,16H2,1-8H3. The fourth-order valence-electron chi connectivity index (χ4n) is 4.93. The molecule has 4 aromatic rings. The highest BCUT2D eigenvalue weighted by molar-refractivity contribution is 5.69. The molecule has 4 rings (SSSR count). The van der Waals surface area contributed by atoms with Gasteiger partial charge in [-0.1, -0.05) is 58.9 Å². The molecule has 33 heavy (non-hydrogen) atoms. The van der Waals surface area contributed by atoms with Gasteiger partial charge < -0.3 is 4.57 Å². The van der Waals surface area contributed by atoms with Crippen molar-refractivity contribution in [2.24, 2.45) is 7.05 Å². The quantitative estimate of drug-likeness (QED) is 0.334. The molecule has 2 heterocycles. The fraction of sp³-hybridized carbons (Fsp3) is 0.379. The van der Waals surface area contributed by atoms with E-state index in [-0.39, 0.29) is 5.41 Å². The number of aromatic nitrogens is 4. The van der Waals surface area contributed by atoms with E-state index >= 15 is 0 Å². The molecule has 0 atom stereocenters. The van der Waals surface area contributed by atoms with Gasteiger partial charge in [-0.3, -0.25) is 4.68 Å². The summed E-state index contributed by atoms with van der Waals surface area (Å²) in [6.45, 7) is 16.6. The lowest BCUT2D eigenvalue weighted by Gasteiger charge is -2.25. The molecular formula is C29H36N4. The van der Waals surface area contributed by atoms with Gasteiger partial charge in [-0.2, -0.15) is 5.10 Å². The van der Waals surface area contributed by atoms with Crippen molar-refractivity contribution in [2.45, 2.75) is 66.3 Å². The topological polar surface area (TPSA) is 35.6 Å². The van der Waals surface area contributed by atoms with Crippen molar-refractivity contribution in [2.75, 3.05) is 0 Å². The van der Waals surface area contributed by atoms with Gasteiger partial charge in [0.2, 0.25) is 0 Å². The first-order chi connectivity index (χ1) is 15.6. The summed E-state index contributed by atoms with van der Waals surface area (Å²) in [5.74, 6) is 0.495. The van der Waals surface area contributed by atoms with Crippen LogP contribution in [-0.2, 0) is 19.0 Å². The fourth-order valence-corrected chi connectivity index (χ4v) is 4.93. The molecule has 0 aliphatic heterocycles. The molecule has 0 saturated carbocycles. The van der Waals surface area contributed by atoms with E-state index in [9.17, 15) is 0 Å². The number of hydrogen-bond donors (Lipinski definition) is 0. The maximum Gasteiger partial charge on any atom is 0.0954 e. The molecule has 0 fully saturated rings. The normalized spacial score (nSPS) is 12.0. The van der Waals surface area contributed by atoms with Crippen LogP contribution in [-0.4, -0.2) is 19.3 Å². The molecule has 2 aromatic heterocycles. The third-order valence-corrected chi connectivity index (χ3v) is 6.63. The zero-order valence-corrected chi connectivity index (χ0v) is 21.3. The predicted octanol–water partition coefficient (Wildman–Crippen LogP) is 7.04. The second-order valence-electron chi connectivity index (χ2n) is 10.5. The summed E-state index contributed by atoms with van der Waals surface area (Å²) in [7, 11) is 1.97. The van der Waals surface area contributed by atoms with Crippen LogP contribution in [0.15, 0.2) is 55.2 Å². The Balaban J connectivity index is 1.81. The largest absolute Gasteiger partial charge is 0.326 e. The van der Waals surface area contributed by atoms with Crippen molar-refractivity contribution in [3.8, 4) is 22.4 Å². The summed E-state index contributed by atoms with van der Waals surface area (Å²) in [5, 5.41) is 4.42. The summed E-state index contributed by atoms with van der Waals surface area (Å²) in [6.07, 6.45) is 8.01. The van der Waals surface area contributed by atoms with Crippen molar-refractivity contribution in [3.05, 3.63) is 83.1 Å². The van der Waals surface area contributed by atoms with Gasteiger partial charge in [0, 0.05) is 30.9 Å². The Morgan fingerprint density at radius 1 is 0.970 bits per heavy atom. The van der Waals surface area contributed by atoms with Crippen LogP contribution >= 0.6 is 0 Å². The summed E-state index contributed by atoms with van der Waals surface area (Å²) < 4.78 is 4.15. The molecule has 0 unspecified atom stereocenters.